The van der Waals surface area contributed by atoms with Crippen LogP contribution in [0.5, 0.6) is 0 Å². The summed E-state index contributed by atoms with van der Waals surface area (Å²) < 4.78 is 0. The second-order valence-corrected chi connectivity index (χ2v) is 7.26. The van der Waals surface area contributed by atoms with Gasteiger partial charge in [-0.1, -0.05) is 0 Å². The maximum atomic E-state index is 2.87. The lowest BCUT2D eigenvalue weighted by atomic mass is 9.54. The van der Waals surface area contributed by atoms with Gasteiger partial charge in [0.1, 0.15) is 0 Å². The molecular formula is C15H28Cl2N2. The molecule has 0 aromatic carbocycles. The highest BCUT2D eigenvalue weighted by Crippen LogP contribution is 2.55. The van der Waals surface area contributed by atoms with Crippen molar-refractivity contribution in [3.8, 4) is 0 Å². The molecular weight excluding hydrogens is 279 g/mol. The molecule has 4 saturated carbocycles. The highest BCUT2D eigenvalue weighted by molar-refractivity contribution is 5.85. The van der Waals surface area contributed by atoms with Crippen molar-refractivity contribution in [2.45, 2.75) is 38.1 Å². The van der Waals surface area contributed by atoms with Crippen molar-refractivity contribution in [1.29, 1.82) is 0 Å². The molecule has 2 nitrogen and oxygen atoms in total. The van der Waals surface area contributed by atoms with Gasteiger partial charge in [-0.3, -0.25) is 4.90 Å². The molecule has 1 saturated heterocycles. The Morgan fingerprint density at radius 1 is 0.684 bits per heavy atom. The van der Waals surface area contributed by atoms with Crippen molar-refractivity contribution in [2.24, 2.45) is 23.7 Å². The van der Waals surface area contributed by atoms with Gasteiger partial charge in [-0.15, -0.1) is 24.8 Å². The average molecular weight is 307 g/mol. The molecule has 19 heavy (non-hydrogen) atoms. The maximum absolute atomic E-state index is 2.87. The molecule has 0 spiro atoms. The number of likely N-dealkylation sites (N-methyl/N-ethyl adjacent to an activating group) is 1. The normalized spacial score (nSPS) is 45.6. The lowest BCUT2D eigenvalue weighted by Gasteiger charge is -2.58. The number of halogens is 2. The molecule has 5 rings (SSSR count). The molecule has 5 fully saturated rings. The van der Waals surface area contributed by atoms with Gasteiger partial charge in [-0.25, -0.2) is 0 Å². The fraction of sp³-hybridized carbons (Fsp3) is 1.00. The van der Waals surface area contributed by atoms with Gasteiger partial charge in [0.2, 0.25) is 0 Å². The maximum Gasteiger partial charge on any atom is 0.0153 e. The topological polar surface area (TPSA) is 6.48 Å². The molecule has 0 N–H and O–H groups in total. The summed E-state index contributed by atoms with van der Waals surface area (Å²) >= 11 is 0. The first kappa shape index (κ1) is 15.9. The van der Waals surface area contributed by atoms with Gasteiger partial charge in [-0.2, -0.15) is 0 Å². The van der Waals surface area contributed by atoms with E-state index in [0.29, 0.717) is 0 Å². The SMILES string of the molecule is CN1CCN(C2C3CC4CC(C3)CC2C4)CC1.Cl.Cl. The second kappa shape index (κ2) is 6.09. The molecule has 0 radical (unpaired) electrons. The Hall–Kier alpha value is 0.500. The van der Waals surface area contributed by atoms with Crippen LogP contribution in [-0.4, -0.2) is 49.1 Å². The van der Waals surface area contributed by atoms with Crippen molar-refractivity contribution in [2.75, 3.05) is 33.2 Å². The lowest BCUT2D eigenvalue weighted by molar-refractivity contribution is -0.0749. The van der Waals surface area contributed by atoms with E-state index in [1.807, 2.05) is 0 Å². The van der Waals surface area contributed by atoms with Gasteiger partial charge in [0.05, 0.1) is 0 Å². The summed E-state index contributed by atoms with van der Waals surface area (Å²) in [6, 6.07) is 0.983. The molecule has 112 valence electrons. The minimum absolute atomic E-state index is 0. The zero-order chi connectivity index (χ0) is 11.4. The number of hydrogen-bond acceptors (Lipinski definition) is 2. The number of rotatable bonds is 1. The standard InChI is InChI=1S/C15H26N2.2ClH/c1-16-2-4-17(5-3-16)15-13-7-11-6-12(9-13)10-14(15)8-11;;/h11-15H,2-10H2,1H3;2*1H. The van der Waals surface area contributed by atoms with Crippen molar-refractivity contribution in [1.82, 2.24) is 9.80 Å². The minimum Gasteiger partial charge on any atom is -0.304 e. The van der Waals surface area contributed by atoms with Crippen LogP contribution in [0.3, 0.4) is 0 Å². The van der Waals surface area contributed by atoms with Gasteiger partial charge in [0.25, 0.3) is 0 Å². The van der Waals surface area contributed by atoms with Crippen LogP contribution in [0.25, 0.3) is 0 Å². The van der Waals surface area contributed by atoms with Crippen LogP contribution in [0.2, 0.25) is 0 Å². The van der Waals surface area contributed by atoms with Gasteiger partial charge in [0, 0.05) is 32.2 Å². The molecule has 0 unspecified atom stereocenters. The molecule has 1 heterocycles. The van der Waals surface area contributed by atoms with Gasteiger partial charge < -0.3 is 4.90 Å². The second-order valence-electron chi connectivity index (χ2n) is 7.26. The quantitative estimate of drug-likeness (QED) is 0.735. The van der Waals surface area contributed by atoms with E-state index in [9.17, 15) is 0 Å². The lowest BCUT2D eigenvalue weighted by Crippen LogP contribution is -2.59. The third-order valence-corrected chi connectivity index (χ3v) is 6.14. The monoisotopic (exact) mass is 306 g/mol. The van der Waals surface area contributed by atoms with Gasteiger partial charge in [-0.05, 0) is 62.8 Å². The molecule has 1 aliphatic heterocycles. The first-order valence-electron chi connectivity index (χ1n) is 7.72. The zero-order valence-corrected chi connectivity index (χ0v) is 13.6. The number of hydrogen-bond donors (Lipinski definition) is 0. The average Bonchev–Trinajstić information content (AvgIpc) is 2.30. The summed E-state index contributed by atoms with van der Waals surface area (Å²) in [4.78, 5) is 5.36. The predicted molar refractivity (Wildman–Crippen MR) is 84.4 cm³/mol. The fourth-order valence-corrected chi connectivity index (χ4v) is 5.61. The Morgan fingerprint density at radius 2 is 1.16 bits per heavy atom. The van der Waals surface area contributed by atoms with E-state index >= 15 is 0 Å². The van der Waals surface area contributed by atoms with Crippen molar-refractivity contribution in [3.05, 3.63) is 0 Å². The summed E-state index contributed by atoms with van der Waals surface area (Å²) in [6.45, 7) is 5.26. The van der Waals surface area contributed by atoms with Gasteiger partial charge >= 0.3 is 0 Å². The molecule has 0 amide bonds. The fourth-order valence-electron chi connectivity index (χ4n) is 5.61. The van der Waals surface area contributed by atoms with Crippen LogP contribution >= 0.6 is 24.8 Å². The summed E-state index contributed by atoms with van der Waals surface area (Å²) in [5, 5.41) is 0. The third-order valence-electron chi connectivity index (χ3n) is 6.14. The van der Waals surface area contributed by atoms with Crippen molar-refractivity contribution < 1.29 is 0 Å². The Labute approximate surface area is 130 Å². The third kappa shape index (κ3) is 2.79. The van der Waals surface area contributed by atoms with Crippen LogP contribution in [-0.2, 0) is 0 Å². The predicted octanol–water partition coefficient (Wildman–Crippen LogP) is 2.90. The summed E-state index contributed by atoms with van der Waals surface area (Å²) in [5.74, 6) is 4.41. The molecule has 5 aliphatic rings. The van der Waals surface area contributed by atoms with E-state index in [4.69, 9.17) is 0 Å². The summed E-state index contributed by atoms with van der Waals surface area (Å²) in [5.41, 5.74) is 0. The number of piperazine rings is 1. The van der Waals surface area contributed by atoms with Crippen LogP contribution in [0.4, 0.5) is 0 Å². The zero-order valence-electron chi connectivity index (χ0n) is 12.0. The van der Waals surface area contributed by atoms with Crippen molar-refractivity contribution in [3.63, 3.8) is 0 Å². The van der Waals surface area contributed by atoms with Crippen LogP contribution in [0, 0.1) is 23.7 Å². The molecule has 4 bridgehead atoms. The first-order chi connectivity index (χ1) is 8.29. The van der Waals surface area contributed by atoms with E-state index in [1.54, 1.807) is 32.1 Å². The largest absolute Gasteiger partial charge is 0.304 e. The van der Waals surface area contributed by atoms with E-state index in [0.717, 1.165) is 29.7 Å². The Morgan fingerprint density at radius 3 is 1.63 bits per heavy atom. The van der Waals surface area contributed by atoms with Crippen LogP contribution in [0.15, 0.2) is 0 Å². The van der Waals surface area contributed by atoms with E-state index in [1.165, 1.54) is 26.2 Å². The molecule has 0 aromatic heterocycles. The first-order valence-corrected chi connectivity index (χ1v) is 7.72. The van der Waals surface area contributed by atoms with Crippen LogP contribution in [0.1, 0.15) is 32.1 Å². The molecule has 0 atom stereocenters. The molecule has 4 heteroatoms. The van der Waals surface area contributed by atoms with Crippen LogP contribution < -0.4 is 0 Å². The minimum atomic E-state index is 0. The Bertz CT molecular complexity index is 275. The Kier molecular flexibility index (Phi) is 5.09. The summed E-state index contributed by atoms with van der Waals surface area (Å²) in [6.07, 6.45) is 7.88. The highest BCUT2D eigenvalue weighted by Gasteiger charge is 2.50. The smallest absolute Gasteiger partial charge is 0.0153 e. The van der Waals surface area contributed by atoms with E-state index < -0.39 is 0 Å². The van der Waals surface area contributed by atoms with Crippen molar-refractivity contribution >= 4 is 24.8 Å². The highest BCUT2D eigenvalue weighted by atomic mass is 35.5. The van der Waals surface area contributed by atoms with E-state index in [2.05, 4.69) is 16.8 Å². The number of nitrogens with zero attached hydrogens (tertiary/aromatic N) is 2. The molecule has 4 aliphatic carbocycles. The van der Waals surface area contributed by atoms with Gasteiger partial charge in [0.15, 0.2) is 0 Å². The van der Waals surface area contributed by atoms with E-state index in [-0.39, 0.29) is 24.8 Å². The molecule has 0 aromatic rings. The summed E-state index contributed by atoms with van der Waals surface area (Å²) in [7, 11) is 2.27. The Balaban J connectivity index is 0.000000667.